The Morgan fingerprint density at radius 3 is 1.88 bits per heavy atom. The Kier molecular flexibility index (Phi) is 6.56. The minimum atomic E-state index is -0.195. The summed E-state index contributed by atoms with van der Waals surface area (Å²) in [7, 11) is 0. The molecule has 0 saturated carbocycles. The fourth-order valence-electron chi connectivity index (χ4n) is 8.48. The van der Waals surface area contributed by atoms with Crippen LogP contribution in [0.2, 0.25) is 0 Å². The molecule has 10 rings (SSSR count). The van der Waals surface area contributed by atoms with E-state index in [0.29, 0.717) is 0 Å². The van der Waals surface area contributed by atoms with Gasteiger partial charge in [-0.1, -0.05) is 159 Å². The molecule has 9 aromatic rings. The molecule has 0 saturated heterocycles. The van der Waals surface area contributed by atoms with Crippen LogP contribution in [0.15, 0.2) is 180 Å². The highest BCUT2D eigenvalue weighted by atomic mass is 16.3. The third kappa shape index (κ3) is 4.50. The highest BCUT2D eigenvalue weighted by molar-refractivity contribution is 6.17. The molecule has 8 aromatic carbocycles. The molecule has 0 atom stereocenters. The van der Waals surface area contributed by atoms with Crippen molar-refractivity contribution in [2.75, 3.05) is 4.90 Å². The molecule has 1 heterocycles. The van der Waals surface area contributed by atoms with Crippen molar-refractivity contribution in [2.24, 2.45) is 0 Å². The van der Waals surface area contributed by atoms with Crippen molar-refractivity contribution >= 4 is 49.8 Å². The Labute approximate surface area is 297 Å². The van der Waals surface area contributed by atoms with Crippen molar-refractivity contribution in [1.82, 2.24) is 0 Å². The maximum Gasteiger partial charge on any atom is 0.143 e. The van der Waals surface area contributed by atoms with Gasteiger partial charge in [-0.15, -0.1) is 0 Å². The molecular formula is C49H35NO. The summed E-state index contributed by atoms with van der Waals surface area (Å²) in [6, 6.07) is 63.5. The number of para-hydroxylation sites is 2. The van der Waals surface area contributed by atoms with Crippen LogP contribution in [-0.2, 0) is 5.41 Å². The number of benzene rings is 8. The van der Waals surface area contributed by atoms with E-state index in [4.69, 9.17) is 4.42 Å². The van der Waals surface area contributed by atoms with Crippen LogP contribution in [0.4, 0.5) is 17.1 Å². The van der Waals surface area contributed by atoms with Gasteiger partial charge in [0.25, 0.3) is 0 Å². The predicted octanol–water partition coefficient (Wildman–Crippen LogP) is 13.8. The Morgan fingerprint density at radius 2 is 1.02 bits per heavy atom. The Bertz CT molecular complexity index is 2770. The largest absolute Gasteiger partial charge is 0.455 e. The topological polar surface area (TPSA) is 16.4 Å². The summed E-state index contributed by atoms with van der Waals surface area (Å²) >= 11 is 0. The minimum absolute atomic E-state index is 0.195. The van der Waals surface area contributed by atoms with E-state index < -0.39 is 0 Å². The zero-order chi connectivity index (χ0) is 34.1. The number of anilines is 3. The average Bonchev–Trinajstić information content (AvgIpc) is 3.69. The zero-order valence-electron chi connectivity index (χ0n) is 28.6. The highest BCUT2D eigenvalue weighted by Crippen LogP contribution is 2.55. The third-order valence-electron chi connectivity index (χ3n) is 10.9. The van der Waals surface area contributed by atoms with Crippen molar-refractivity contribution < 1.29 is 4.42 Å². The standard InChI is InChI=1S/C49H35NO/c1-49(2)43-23-10-8-18-37(43)39-20-13-25-45(46(39)49)50(35-29-26-33(27-30-35)32-14-4-3-5-15-32)44-24-11-9-19-38(44)40-21-12-22-41-42-31-28-34-16-6-7-17-36(34)47(42)51-48(40)41/h3-31H,1-2H3. The van der Waals surface area contributed by atoms with Gasteiger partial charge >= 0.3 is 0 Å². The molecule has 0 N–H and O–H groups in total. The van der Waals surface area contributed by atoms with E-state index in [-0.39, 0.29) is 5.41 Å². The van der Waals surface area contributed by atoms with Gasteiger partial charge in [-0.3, -0.25) is 0 Å². The summed E-state index contributed by atoms with van der Waals surface area (Å²) in [6.45, 7) is 4.73. The van der Waals surface area contributed by atoms with Crippen molar-refractivity contribution in [3.63, 3.8) is 0 Å². The molecule has 2 nitrogen and oxygen atoms in total. The summed E-state index contributed by atoms with van der Waals surface area (Å²) in [4.78, 5) is 2.47. The van der Waals surface area contributed by atoms with Crippen molar-refractivity contribution in [3.8, 4) is 33.4 Å². The fourth-order valence-corrected chi connectivity index (χ4v) is 8.48. The van der Waals surface area contributed by atoms with E-state index in [9.17, 15) is 0 Å². The first kappa shape index (κ1) is 29.5. The molecule has 1 aliphatic carbocycles. The minimum Gasteiger partial charge on any atom is -0.455 e. The SMILES string of the molecule is CC1(C)c2ccccc2-c2cccc(N(c3ccc(-c4ccccc4)cc3)c3ccccc3-c3cccc4c3oc3c5ccccc5ccc43)c21. The van der Waals surface area contributed by atoms with Gasteiger partial charge in [0.05, 0.1) is 11.4 Å². The van der Waals surface area contributed by atoms with Gasteiger partial charge in [0, 0.05) is 38.4 Å². The number of hydrogen-bond acceptors (Lipinski definition) is 2. The van der Waals surface area contributed by atoms with E-state index >= 15 is 0 Å². The van der Waals surface area contributed by atoms with E-state index in [1.807, 2.05) is 0 Å². The highest BCUT2D eigenvalue weighted by Gasteiger charge is 2.39. The Balaban J connectivity index is 1.23. The van der Waals surface area contributed by atoms with Gasteiger partial charge in [0.2, 0.25) is 0 Å². The van der Waals surface area contributed by atoms with Crippen LogP contribution in [0.3, 0.4) is 0 Å². The zero-order valence-corrected chi connectivity index (χ0v) is 28.6. The van der Waals surface area contributed by atoms with Gasteiger partial charge in [0.1, 0.15) is 11.2 Å². The first-order valence-electron chi connectivity index (χ1n) is 17.7. The second kappa shape index (κ2) is 11.3. The molecule has 1 aliphatic rings. The molecule has 0 amide bonds. The third-order valence-corrected chi connectivity index (χ3v) is 10.9. The lowest BCUT2D eigenvalue weighted by atomic mass is 9.81. The Hall–Kier alpha value is -6.38. The number of fused-ring (bicyclic) bond motifs is 8. The molecular weight excluding hydrogens is 619 g/mol. The molecule has 0 spiro atoms. The van der Waals surface area contributed by atoms with Crippen molar-refractivity contribution in [2.45, 2.75) is 19.3 Å². The summed E-state index contributed by atoms with van der Waals surface area (Å²) in [5.41, 5.74) is 14.9. The van der Waals surface area contributed by atoms with Gasteiger partial charge < -0.3 is 9.32 Å². The summed E-state index contributed by atoms with van der Waals surface area (Å²) < 4.78 is 6.89. The molecule has 2 heteroatoms. The van der Waals surface area contributed by atoms with Gasteiger partial charge in [-0.2, -0.15) is 0 Å². The van der Waals surface area contributed by atoms with Gasteiger partial charge in [-0.05, 0) is 69.1 Å². The van der Waals surface area contributed by atoms with Crippen LogP contribution in [-0.4, -0.2) is 0 Å². The van der Waals surface area contributed by atoms with E-state index in [1.165, 1.54) is 44.5 Å². The van der Waals surface area contributed by atoms with E-state index in [2.05, 4.69) is 195 Å². The van der Waals surface area contributed by atoms with Crippen LogP contribution in [0, 0.1) is 0 Å². The van der Waals surface area contributed by atoms with Crippen molar-refractivity contribution in [3.05, 3.63) is 187 Å². The molecule has 0 aliphatic heterocycles. The quantitative estimate of drug-likeness (QED) is 0.184. The predicted molar refractivity (Wildman–Crippen MR) is 214 cm³/mol. The van der Waals surface area contributed by atoms with Crippen LogP contribution >= 0.6 is 0 Å². The second-order valence-electron chi connectivity index (χ2n) is 14.1. The molecule has 0 fully saturated rings. The molecule has 0 bridgehead atoms. The van der Waals surface area contributed by atoms with E-state index in [0.717, 1.165) is 49.8 Å². The van der Waals surface area contributed by atoms with Crippen LogP contribution in [0.1, 0.15) is 25.0 Å². The summed E-state index contributed by atoms with van der Waals surface area (Å²) in [5, 5.41) is 4.57. The molecule has 242 valence electrons. The lowest BCUT2D eigenvalue weighted by Crippen LogP contribution is -2.21. The maximum absolute atomic E-state index is 6.89. The average molecular weight is 654 g/mol. The fraction of sp³-hybridized carbons (Fsp3) is 0.0612. The van der Waals surface area contributed by atoms with E-state index in [1.54, 1.807) is 0 Å². The molecule has 0 radical (unpaired) electrons. The van der Waals surface area contributed by atoms with Gasteiger partial charge in [0.15, 0.2) is 0 Å². The molecule has 1 aromatic heterocycles. The second-order valence-corrected chi connectivity index (χ2v) is 14.1. The summed E-state index contributed by atoms with van der Waals surface area (Å²) in [6.07, 6.45) is 0. The lowest BCUT2D eigenvalue weighted by molar-refractivity contribution is 0.661. The molecule has 0 unspecified atom stereocenters. The smallest absolute Gasteiger partial charge is 0.143 e. The Morgan fingerprint density at radius 1 is 0.412 bits per heavy atom. The maximum atomic E-state index is 6.89. The van der Waals surface area contributed by atoms with Crippen LogP contribution in [0.25, 0.3) is 66.1 Å². The lowest BCUT2D eigenvalue weighted by Gasteiger charge is -2.33. The normalized spacial score (nSPS) is 13.1. The van der Waals surface area contributed by atoms with Crippen molar-refractivity contribution in [1.29, 1.82) is 0 Å². The van der Waals surface area contributed by atoms with Gasteiger partial charge in [-0.25, -0.2) is 0 Å². The van der Waals surface area contributed by atoms with Crippen LogP contribution in [0.5, 0.6) is 0 Å². The first-order valence-corrected chi connectivity index (χ1v) is 17.7. The van der Waals surface area contributed by atoms with Crippen LogP contribution < -0.4 is 4.90 Å². The number of hydrogen-bond donors (Lipinski definition) is 0. The summed E-state index contributed by atoms with van der Waals surface area (Å²) in [5.74, 6) is 0. The number of furan rings is 1. The number of rotatable bonds is 5. The molecule has 51 heavy (non-hydrogen) atoms. The monoisotopic (exact) mass is 653 g/mol. The number of nitrogens with zero attached hydrogens (tertiary/aromatic N) is 1. The first-order chi connectivity index (χ1) is 25.1.